The Balaban J connectivity index is 3.06. The number of rotatable bonds is 3. The molecule has 1 unspecified atom stereocenters. The molecule has 1 aromatic carbocycles. The summed E-state index contributed by atoms with van der Waals surface area (Å²) in [6.07, 6.45) is -4.53. The van der Waals surface area contributed by atoms with Crippen molar-refractivity contribution in [1.82, 2.24) is 0 Å². The van der Waals surface area contributed by atoms with Crippen LogP contribution < -0.4 is 4.90 Å². The standard InChI is InChI=1S/C11H12ClF4N/c1-7(6-12)17(2)10-4-3-8(5-9(10)13)11(14,15)16/h3-5,7H,6H2,1-2H3. The number of halogens is 5. The molecule has 0 N–H and O–H groups in total. The molecule has 0 spiro atoms. The Bertz CT molecular complexity index is 392. The zero-order valence-electron chi connectivity index (χ0n) is 9.35. The predicted octanol–water partition coefficient (Wildman–Crippen LogP) is 3.91. The summed E-state index contributed by atoms with van der Waals surface area (Å²) < 4.78 is 50.5. The molecular weight excluding hydrogens is 258 g/mol. The van der Waals surface area contributed by atoms with Gasteiger partial charge < -0.3 is 4.90 Å². The van der Waals surface area contributed by atoms with Gasteiger partial charge in [-0.1, -0.05) is 0 Å². The lowest BCUT2D eigenvalue weighted by Gasteiger charge is -2.26. The summed E-state index contributed by atoms with van der Waals surface area (Å²) in [6.45, 7) is 1.75. The number of alkyl halides is 4. The number of benzene rings is 1. The van der Waals surface area contributed by atoms with Crippen molar-refractivity contribution in [2.75, 3.05) is 17.8 Å². The first-order valence-electron chi connectivity index (χ1n) is 4.93. The van der Waals surface area contributed by atoms with E-state index >= 15 is 0 Å². The first-order chi connectivity index (χ1) is 7.77. The second-order valence-corrected chi connectivity index (χ2v) is 4.09. The summed E-state index contributed by atoms with van der Waals surface area (Å²) in [7, 11) is 1.58. The molecule has 0 aliphatic heterocycles. The Morgan fingerprint density at radius 1 is 1.35 bits per heavy atom. The molecule has 0 fully saturated rings. The fraction of sp³-hybridized carbons (Fsp3) is 0.455. The van der Waals surface area contributed by atoms with Crippen LogP contribution in [0.5, 0.6) is 0 Å². The van der Waals surface area contributed by atoms with Gasteiger partial charge in [-0.15, -0.1) is 11.6 Å². The fourth-order valence-electron chi connectivity index (χ4n) is 1.31. The smallest absolute Gasteiger partial charge is 0.368 e. The van der Waals surface area contributed by atoms with Gasteiger partial charge in [0.15, 0.2) is 0 Å². The van der Waals surface area contributed by atoms with Gasteiger partial charge in [0.2, 0.25) is 0 Å². The SMILES string of the molecule is CC(CCl)N(C)c1ccc(C(F)(F)F)cc1F. The third-order valence-electron chi connectivity index (χ3n) is 2.54. The molecule has 0 aliphatic carbocycles. The molecule has 1 atom stereocenters. The molecule has 0 aromatic heterocycles. The van der Waals surface area contributed by atoms with E-state index in [4.69, 9.17) is 11.6 Å². The Hall–Kier alpha value is -0.970. The van der Waals surface area contributed by atoms with E-state index in [0.717, 1.165) is 12.1 Å². The van der Waals surface area contributed by atoms with Crippen LogP contribution >= 0.6 is 11.6 Å². The average Bonchev–Trinajstić information content (AvgIpc) is 2.25. The van der Waals surface area contributed by atoms with Gasteiger partial charge >= 0.3 is 6.18 Å². The highest BCUT2D eigenvalue weighted by Crippen LogP contribution is 2.32. The van der Waals surface area contributed by atoms with Crippen LogP contribution in [-0.4, -0.2) is 19.0 Å². The lowest BCUT2D eigenvalue weighted by atomic mass is 10.1. The monoisotopic (exact) mass is 269 g/mol. The number of nitrogens with zero attached hydrogens (tertiary/aromatic N) is 1. The molecule has 0 radical (unpaired) electrons. The van der Waals surface area contributed by atoms with Crippen molar-refractivity contribution in [2.45, 2.75) is 19.1 Å². The van der Waals surface area contributed by atoms with Crippen molar-refractivity contribution >= 4 is 17.3 Å². The summed E-state index contributed by atoms with van der Waals surface area (Å²) in [5.74, 6) is -0.643. The lowest BCUT2D eigenvalue weighted by molar-refractivity contribution is -0.137. The first kappa shape index (κ1) is 14.1. The summed E-state index contributed by atoms with van der Waals surface area (Å²) in [6, 6.07) is 2.30. The van der Waals surface area contributed by atoms with Gasteiger partial charge in [0.25, 0.3) is 0 Å². The van der Waals surface area contributed by atoms with E-state index in [1.165, 1.54) is 4.90 Å². The van der Waals surface area contributed by atoms with Crippen molar-refractivity contribution in [2.24, 2.45) is 0 Å². The Kier molecular flexibility index (Phi) is 4.25. The average molecular weight is 270 g/mol. The van der Waals surface area contributed by atoms with Crippen molar-refractivity contribution < 1.29 is 17.6 Å². The van der Waals surface area contributed by atoms with E-state index in [9.17, 15) is 17.6 Å². The molecule has 0 saturated heterocycles. The van der Waals surface area contributed by atoms with Crippen molar-refractivity contribution in [3.8, 4) is 0 Å². The zero-order chi connectivity index (χ0) is 13.2. The summed E-state index contributed by atoms with van der Waals surface area (Å²) in [5.41, 5.74) is -0.892. The Morgan fingerprint density at radius 2 is 1.94 bits per heavy atom. The Morgan fingerprint density at radius 3 is 2.35 bits per heavy atom. The van der Waals surface area contributed by atoms with E-state index in [-0.39, 0.29) is 17.6 Å². The number of anilines is 1. The van der Waals surface area contributed by atoms with Gasteiger partial charge in [-0.05, 0) is 25.1 Å². The van der Waals surface area contributed by atoms with Crippen LogP contribution in [0.4, 0.5) is 23.2 Å². The minimum Gasteiger partial charge on any atom is -0.368 e. The molecule has 96 valence electrons. The lowest BCUT2D eigenvalue weighted by Crippen LogP contribution is -2.31. The van der Waals surface area contributed by atoms with E-state index in [0.29, 0.717) is 6.07 Å². The maximum atomic E-state index is 13.5. The highest BCUT2D eigenvalue weighted by atomic mass is 35.5. The van der Waals surface area contributed by atoms with Gasteiger partial charge in [0.1, 0.15) is 5.82 Å². The maximum Gasteiger partial charge on any atom is 0.416 e. The van der Waals surface area contributed by atoms with Gasteiger partial charge in [-0.25, -0.2) is 4.39 Å². The topological polar surface area (TPSA) is 3.24 Å². The van der Waals surface area contributed by atoms with Gasteiger partial charge in [-0.3, -0.25) is 0 Å². The number of hydrogen-bond acceptors (Lipinski definition) is 1. The van der Waals surface area contributed by atoms with E-state index in [2.05, 4.69) is 0 Å². The van der Waals surface area contributed by atoms with E-state index in [1.54, 1.807) is 14.0 Å². The van der Waals surface area contributed by atoms with Crippen LogP contribution in [0.3, 0.4) is 0 Å². The summed E-state index contributed by atoms with van der Waals surface area (Å²) >= 11 is 5.61. The third-order valence-corrected chi connectivity index (χ3v) is 2.99. The quantitative estimate of drug-likeness (QED) is 0.594. The molecule has 0 saturated carbocycles. The second kappa shape index (κ2) is 5.12. The predicted molar refractivity (Wildman–Crippen MR) is 60.0 cm³/mol. The zero-order valence-corrected chi connectivity index (χ0v) is 10.1. The fourth-order valence-corrected chi connectivity index (χ4v) is 1.52. The molecule has 0 heterocycles. The largest absolute Gasteiger partial charge is 0.416 e. The highest BCUT2D eigenvalue weighted by molar-refractivity contribution is 6.18. The van der Waals surface area contributed by atoms with Crippen LogP contribution in [0.15, 0.2) is 18.2 Å². The second-order valence-electron chi connectivity index (χ2n) is 3.78. The van der Waals surface area contributed by atoms with Crippen molar-refractivity contribution in [1.29, 1.82) is 0 Å². The van der Waals surface area contributed by atoms with Crippen LogP contribution in [0.1, 0.15) is 12.5 Å². The van der Waals surface area contributed by atoms with Crippen LogP contribution in [0.25, 0.3) is 0 Å². The molecule has 0 amide bonds. The minimum absolute atomic E-state index is 0.103. The van der Waals surface area contributed by atoms with Gasteiger partial charge in [-0.2, -0.15) is 13.2 Å². The molecular formula is C11H12ClF4N. The molecule has 0 bridgehead atoms. The molecule has 6 heteroatoms. The van der Waals surface area contributed by atoms with E-state index < -0.39 is 17.6 Å². The Labute approximate surface area is 102 Å². The van der Waals surface area contributed by atoms with Crippen LogP contribution in [0, 0.1) is 5.82 Å². The third kappa shape index (κ3) is 3.25. The normalized spacial score (nSPS) is 13.6. The highest BCUT2D eigenvalue weighted by Gasteiger charge is 2.31. The molecule has 0 aliphatic rings. The number of hydrogen-bond donors (Lipinski definition) is 0. The molecule has 17 heavy (non-hydrogen) atoms. The van der Waals surface area contributed by atoms with Crippen LogP contribution in [-0.2, 0) is 6.18 Å². The van der Waals surface area contributed by atoms with Crippen molar-refractivity contribution in [3.05, 3.63) is 29.6 Å². The molecule has 1 nitrogen and oxygen atoms in total. The van der Waals surface area contributed by atoms with Crippen LogP contribution in [0.2, 0.25) is 0 Å². The van der Waals surface area contributed by atoms with Crippen molar-refractivity contribution in [3.63, 3.8) is 0 Å². The van der Waals surface area contributed by atoms with Gasteiger partial charge in [0.05, 0.1) is 11.3 Å². The maximum absolute atomic E-state index is 13.5. The molecule has 1 rings (SSSR count). The van der Waals surface area contributed by atoms with Gasteiger partial charge in [0, 0.05) is 19.0 Å². The first-order valence-corrected chi connectivity index (χ1v) is 5.46. The summed E-state index contributed by atoms with van der Waals surface area (Å²) in [5, 5.41) is 0. The summed E-state index contributed by atoms with van der Waals surface area (Å²) in [4.78, 5) is 1.50. The minimum atomic E-state index is -4.53. The molecule has 1 aromatic rings. The van der Waals surface area contributed by atoms with E-state index in [1.807, 2.05) is 0 Å².